The van der Waals surface area contributed by atoms with Crippen LogP contribution in [0.4, 0.5) is 5.82 Å². The van der Waals surface area contributed by atoms with Crippen LogP contribution in [0.5, 0.6) is 5.88 Å². The number of ether oxygens (including phenoxy) is 1. The van der Waals surface area contributed by atoms with Crippen molar-refractivity contribution in [1.82, 2.24) is 9.78 Å². The Morgan fingerprint density at radius 2 is 2.55 bits per heavy atom. The van der Waals surface area contributed by atoms with Crippen molar-refractivity contribution >= 4 is 12.2 Å². The second-order valence-corrected chi connectivity index (χ2v) is 1.96. The topological polar surface area (TPSA) is 56.1 Å². The van der Waals surface area contributed by atoms with Crippen molar-refractivity contribution in [2.75, 3.05) is 12.4 Å². The lowest BCUT2D eigenvalue weighted by atomic mass is 10.6. The van der Waals surface area contributed by atoms with Crippen LogP contribution in [-0.2, 0) is 11.8 Å². The summed E-state index contributed by atoms with van der Waals surface area (Å²) in [7, 11) is 3.27. The van der Waals surface area contributed by atoms with E-state index in [1.165, 1.54) is 4.68 Å². The Bertz CT molecular complexity index is 256. The molecule has 0 atom stereocenters. The van der Waals surface area contributed by atoms with Gasteiger partial charge in [0.1, 0.15) is 0 Å². The lowest BCUT2D eigenvalue weighted by Gasteiger charge is -1.95. The van der Waals surface area contributed by atoms with Crippen molar-refractivity contribution in [3.05, 3.63) is 6.07 Å². The van der Waals surface area contributed by atoms with Gasteiger partial charge in [0.05, 0.1) is 7.11 Å². The predicted molar refractivity (Wildman–Crippen MR) is 39.4 cm³/mol. The molecule has 0 aliphatic heterocycles. The molecule has 1 aromatic rings. The smallest absolute Gasteiger partial charge is 0.213 e. The van der Waals surface area contributed by atoms with Gasteiger partial charge >= 0.3 is 0 Å². The number of methoxy groups -OCH3 is 1. The Morgan fingerprint density at radius 3 is 3.00 bits per heavy atom. The maximum Gasteiger partial charge on any atom is 0.213 e. The van der Waals surface area contributed by atoms with E-state index in [0.29, 0.717) is 18.1 Å². The molecule has 1 rings (SSSR count). The van der Waals surface area contributed by atoms with Crippen LogP contribution in [-0.4, -0.2) is 23.3 Å². The molecule has 1 amide bonds. The van der Waals surface area contributed by atoms with E-state index in [1.54, 1.807) is 20.2 Å². The SMILES string of the molecule is COc1cc(NC=O)nn1C. The van der Waals surface area contributed by atoms with Crippen molar-refractivity contribution in [1.29, 1.82) is 0 Å². The van der Waals surface area contributed by atoms with Crippen LogP contribution in [0.3, 0.4) is 0 Å². The summed E-state index contributed by atoms with van der Waals surface area (Å²) in [6, 6.07) is 1.63. The van der Waals surface area contributed by atoms with Gasteiger partial charge in [0.15, 0.2) is 5.82 Å². The molecule has 5 nitrogen and oxygen atoms in total. The van der Waals surface area contributed by atoms with E-state index in [0.717, 1.165) is 0 Å². The molecule has 0 bridgehead atoms. The fourth-order valence-electron chi connectivity index (χ4n) is 0.772. The molecule has 1 aromatic heterocycles. The van der Waals surface area contributed by atoms with Crippen molar-refractivity contribution in [2.24, 2.45) is 7.05 Å². The number of aryl methyl sites for hydroxylation is 1. The molecule has 1 N–H and O–H groups in total. The van der Waals surface area contributed by atoms with E-state index >= 15 is 0 Å². The molecule has 0 saturated heterocycles. The average Bonchev–Trinajstić information content (AvgIpc) is 2.32. The third-order valence-electron chi connectivity index (χ3n) is 1.25. The van der Waals surface area contributed by atoms with E-state index < -0.39 is 0 Å². The molecule has 0 aliphatic rings. The first-order chi connectivity index (χ1) is 5.27. The molecule has 0 fully saturated rings. The van der Waals surface area contributed by atoms with Crippen LogP contribution in [0.2, 0.25) is 0 Å². The summed E-state index contributed by atoms with van der Waals surface area (Å²) in [5, 5.41) is 6.33. The van der Waals surface area contributed by atoms with Crippen molar-refractivity contribution in [3.8, 4) is 5.88 Å². The molecule has 0 aromatic carbocycles. The Kier molecular flexibility index (Phi) is 2.10. The summed E-state index contributed by atoms with van der Waals surface area (Å²) in [6.07, 6.45) is 0.571. The highest BCUT2D eigenvalue weighted by atomic mass is 16.5. The zero-order valence-electron chi connectivity index (χ0n) is 6.37. The normalized spacial score (nSPS) is 9.27. The third kappa shape index (κ3) is 1.49. The second-order valence-electron chi connectivity index (χ2n) is 1.96. The summed E-state index contributed by atoms with van der Waals surface area (Å²) >= 11 is 0. The first-order valence-electron chi connectivity index (χ1n) is 3.06. The van der Waals surface area contributed by atoms with Crippen LogP contribution < -0.4 is 10.1 Å². The zero-order chi connectivity index (χ0) is 8.27. The fraction of sp³-hybridized carbons (Fsp3) is 0.333. The van der Waals surface area contributed by atoms with Crippen LogP contribution in [0.15, 0.2) is 6.07 Å². The molecule has 5 heteroatoms. The zero-order valence-corrected chi connectivity index (χ0v) is 6.37. The minimum atomic E-state index is 0.486. The monoisotopic (exact) mass is 155 g/mol. The summed E-state index contributed by atoms with van der Waals surface area (Å²) < 4.78 is 6.45. The quantitative estimate of drug-likeness (QED) is 0.625. The Balaban J connectivity index is 2.85. The van der Waals surface area contributed by atoms with Crippen molar-refractivity contribution in [2.45, 2.75) is 0 Å². The number of nitrogens with one attached hydrogen (secondary N) is 1. The highest BCUT2D eigenvalue weighted by Gasteiger charge is 2.02. The molecule has 0 spiro atoms. The first-order valence-corrected chi connectivity index (χ1v) is 3.06. The minimum absolute atomic E-state index is 0.486. The number of amides is 1. The lowest BCUT2D eigenvalue weighted by Crippen LogP contribution is -1.97. The molecule has 0 saturated carbocycles. The van der Waals surface area contributed by atoms with Crippen LogP contribution in [0.25, 0.3) is 0 Å². The molecular formula is C6H9N3O2. The highest BCUT2D eigenvalue weighted by Crippen LogP contribution is 2.13. The number of hydrogen-bond acceptors (Lipinski definition) is 3. The fourth-order valence-corrected chi connectivity index (χ4v) is 0.772. The minimum Gasteiger partial charge on any atom is -0.481 e. The van der Waals surface area contributed by atoms with Crippen LogP contribution >= 0.6 is 0 Å². The van der Waals surface area contributed by atoms with E-state index in [9.17, 15) is 4.79 Å². The van der Waals surface area contributed by atoms with Gasteiger partial charge in [-0.25, -0.2) is 4.68 Å². The van der Waals surface area contributed by atoms with Crippen molar-refractivity contribution < 1.29 is 9.53 Å². The number of rotatable bonds is 3. The van der Waals surface area contributed by atoms with Crippen LogP contribution in [0.1, 0.15) is 0 Å². The van der Waals surface area contributed by atoms with Crippen LogP contribution in [0, 0.1) is 0 Å². The van der Waals surface area contributed by atoms with Gasteiger partial charge in [-0.15, -0.1) is 0 Å². The number of carbonyl (C=O) groups excluding carboxylic acids is 1. The Hall–Kier alpha value is -1.52. The summed E-state index contributed by atoms with van der Waals surface area (Å²) in [5.41, 5.74) is 0. The number of aromatic nitrogens is 2. The molecule has 0 unspecified atom stereocenters. The number of carbonyl (C=O) groups is 1. The van der Waals surface area contributed by atoms with Crippen molar-refractivity contribution in [3.63, 3.8) is 0 Å². The van der Waals surface area contributed by atoms with Gasteiger partial charge in [-0.1, -0.05) is 0 Å². The van der Waals surface area contributed by atoms with Gasteiger partial charge in [-0.3, -0.25) is 4.79 Å². The van der Waals surface area contributed by atoms with E-state index in [4.69, 9.17) is 4.74 Å². The molecule has 11 heavy (non-hydrogen) atoms. The standard InChI is InChI=1S/C6H9N3O2/c1-9-6(11-2)3-5(8-9)7-4-10/h3-4H,1-2H3,(H,7,8,10). The predicted octanol–water partition coefficient (Wildman–Crippen LogP) is -0.00300. The number of hydrogen-bond donors (Lipinski definition) is 1. The average molecular weight is 155 g/mol. The third-order valence-corrected chi connectivity index (χ3v) is 1.25. The summed E-state index contributed by atoms with van der Waals surface area (Å²) in [6.45, 7) is 0. The number of nitrogens with zero attached hydrogens (tertiary/aromatic N) is 2. The largest absolute Gasteiger partial charge is 0.481 e. The lowest BCUT2D eigenvalue weighted by molar-refractivity contribution is -0.105. The van der Waals surface area contributed by atoms with E-state index in [1.807, 2.05) is 0 Å². The maximum absolute atomic E-state index is 9.98. The van der Waals surface area contributed by atoms with Gasteiger partial charge in [0, 0.05) is 13.1 Å². The summed E-state index contributed by atoms with van der Waals surface area (Å²) in [5.74, 6) is 1.09. The molecule has 0 aliphatic carbocycles. The summed E-state index contributed by atoms with van der Waals surface area (Å²) in [4.78, 5) is 9.98. The van der Waals surface area contributed by atoms with Gasteiger partial charge in [-0.2, -0.15) is 5.10 Å². The Labute approximate surface area is 64.0 Å². The molecular weight excluding hydrogens is 146 g/mol. The maximum atomic E-state index is 9.98. The van der Waals surface area contributed by atoms with Gasteiger partial charge in [0.2, 0.25) is 12.3 Å². The van der Waals surface area contributed by atoms with Gasteiger partial charge < -0.3 is 10.1 Å². The highest BCUT2D eigenvalue weighted by molar-refractivity contribution is 5.69. The second kappa shape index (κ2) is 3.05. The van der Waals surface area contributed by atoms with E-state index in [-0.39, 0.29) is 0 Å². The Morgan fingerprint density at radius 1 is 1.82 bits per heavy atom. The molecule has 1 heterocycles. The molecule has 0 radical (unpaired) electrons. The molecule has 60 valence electrons. The van der Waals surface area contributed by atoms with Gasteiger partial charge in [-0.05, 0) is 0 Å². The van der Waals surface area contributed by atoms with Gasteiger partial charge in [0.25, 0.3) is 0 Å². The first kappa shape index (κ1) is 7.59. The number of anilines is 1. The van der Waals surface area contributed by atoms with E-state index in [2.05, 4.69) is 10.4 Å².